The van der Waals surface area contributed by atoms with E-state index in [4.69, 9.17) is 11.6 Å². The Morgan fingerprint density at radius 3 is 2.72 bits per heavy atom. The Hall–Kier alpha value is -2.22. The highest BCUT2D eigenvalue weighted by atomic mass is 35.5. The zero-order chi connectivity index (χ0) is 21.1. The van der Waals surface area contributed by atoms with E-state index >= 15 is 0 Å². The Balaban J connectivity index is 1.65. The molecule has 1 atom stereocenters. The first-order valence-corrected chi connectivity index (χ1v) is 10.6. The SMILES string of the molecule is Cc1sc2ncn(CCC(=O)NCC(c3ccccc3Cl)N(C)C)c(=O)c2c1C. The van der Waals surface area contributed by atoms with Crippen molar-refractivity contribution in [3.05, 3.63) is 62.0 Å². The summed E-state index contributed by atoms with van der Waals surface area (Å²) >= 11 is 7.84. The molecule has 0 aliphatic rings. The third-order valence-corrected chi connectivity index (χ3v) is 6.58. The normalized spacial score (nSPS) is 12.5. The number of aromatic nitrogens is 2. The summed E-state index contributed by atoms with van der Waals surface area (Å²) in [4.78, 5) is 33.4. The summed E-state index contributed by atoms with van der Waals surface area (Å²) in [6.07, 6.45) is 1.73. The molecule has 3 rings (SSSR count). The van der Waals surface area contributed by atoms with E-state index in [1.54, 1.807) is 0 Å². The third kappa shape index (κ3) is 4.69. The zero-order valence-electron chi connectivity index (χ0n) is 17.0. The maximum atomic E-state index is 12.7. The van der Waals surface area contributed by atoms with Crippen LogP contribution in [-0.4, -0.2) is 41.0 Å². The molecule has 2 aromatic heterocycles. The van der Waals surface area contributed by atoms with Gasteiger partial charge in [0.2, 0.25) is 5.91 Å². The van der Waals surface area contributed by atoms with Gasteiger partial charge in [-0.3, -0.25) is 14.2 Å². The van der Waals surface area contributed by atoms with Crippen molar-refractivity contribution in [2.75, 3.05) is 20.6 Å². The first-order chi connectivity index (χ1) is 13.8. The monoisotopic (exact) mass is 432 g/mol. The molecule has 0 saturated carbocycles. The van der Waals surface area contributed by atoms with Gasteiger partial charge >= 0.3 is 0 Å². The fraction of sp³-hybridized carbons (Fsp3) is 0.381. The van der Waals surface area contributed by atoms with Crippen LogP contribution < -0.4 is 10.9 Å². The molecule has 8 heteroatoms. The molecule has 154 valence electrons. The van der Waals surface area contributed by atoms with Gasteiger partial charge in [-0.15, -0.1) is 11.3 Å². The molecular weight excluding hydrogens is 408 g/mol. The topological polar surface area (TPSA) is 67.2 Å². The van der Waals surface area contributed by atoms with Crippen LogP contribution in [0.2, 0.25) is 5.02 Å². The number of thiophene rings is 1. The number of rotatable bonds is 7. The van der Waals surface area contributed by atoms with Gasteiger partial charge in [-0.2, -0.15) is 0 Å². The second-order valence-corrected chi connectivity index (χ2v) is 8.87. The standard InChI is InChI=1S/C21H25ClN4O2S/c1-13-14(2)29-20-19(13)21(28)26(12-24-20)10-9-18(27)23-11-17(25(3)4)15-7-5-6-8-16(15)22/h5-8,12,17H,9-11H2,1-4H3,(H,23,27). The molecule has 1 amide bonds. The predicted molar refractivity (Wildman–Crippen MR) is 119 cm³/mol. The van der Waals surface area contributed by atoms with E-state index in [9.17, 15) is 9.59 Å². The van der Waals surface area contributed by atoms with E-state index in [0.717, 1.165) is 20.8 Å². The zero-order valence-corrected chi connectivity index (χ0v) is 18.6. The molecule has 0 aliphatic carbocycles. The fourth-order valence-electron chi connectivity index (χ4n) is 3.27. The van der Waals surface area contributed by atoms with Crippen LogP contribution in [0.4, 0.5) is 0 Å². The molecule has 0 bridgehead atoms. The lowest BCUT2D eigenvalue weighted by molar-refractivity contribution is -0.121. The van der Waals surface area contributed by atoms with Crippen molar-refractivity contribution in [2.24, 2.45) is 0 Å². The van der Waals surface area contributed by atoms with Crippen LogP contribution in [0, 0.1) is 13.8 Å². The molecule has 0 spiro atoms. The van der Waals surface area contributed by atoms with Gasteiger partial charge in [0.05, 0.1) is 17.8 Å². The van der Waals surface area contributed by atoms with Crippen molar-refractivity contribution in [2.45, 2.75) is 32.9 Å². The molecule has 1 N–H and O–H groups in total. The van der Waals surface area contributed by atoms with Crippen LogP contribution in [0.1, 0.15) is 28.5 Å². The van der Waals surface area contributed by atoms with E-state index in [-0.39, 0.29) is 23.9 Å². The van der Waals surface area contributed by atoms with Crippen molar-refractivity contribution in [1.29, 1.82) is 0 Å². The molecule has 6 nitrogen and oxygen atoms in total. The lowest BCUT2D eigenvalue weighted by Gasteiger charge is -2.26. The molecule has 0 aliphatic heterocycles. The number of carbonyl (C=O) groups is 1. The van der Waals surface area contributed by atoms with Crippen LogP contribution >= 0.6 is 22.9 Å². The molecule has 3 aromatic rings. The van der Waals surface area contributed by atoms with Crippen LogP contribution in [0.3, 0.4) is 0 Å². The minimum Gasteiger partial charge on any atom is -0.354 e. The van der Waals surface area contributed by atoms with Crippen LogP contribution in [0.25, 0.3) is 10.2 Å². The number of aryl methyl sites for hydroxylation is 3. The van der Waals surface area contributed by atoms with Gasteiger partial charge in [-0.05, 0) is 45.1 Å². The Labute approximate surface area is 179 Å². The number of halogens is 1. The summed E-state index contributed by atoms with van der Waals surface area (Å²) in [5, 5.41) is 4.29. The van der Waals surface area contributed by atoms with Crippen molar-refractivity contribution in [3.63, 3.8) is 0 Å². The second-order valence-electron chi connectivity index (χ2n) is 7.26. The van der Waals surface area contributed by atoms with Gasteiger partial charge < -0.3 is 10.2 Å². The quantitative estimate of drug-likeness (QED) is 0.620. The molecule has 1 unspecified atom stereocenters. The number of fused-ring (bicyclic) bond motifs is 1. The number of amides is 1. The largest absolute Gasteiger partial charge is 0.354 e. The average Bonchev–Trinajstić information content (AvgIpc) is 2.97. The number of nitrogens with one attached hydrogen (secondary N) is 1. The van der Waals surface area contributed by atoms with Gasteiger partial charge in [0.15, 0.2) is 0 Å². The Morgan fingerprint density at radius 2 is 2.03 bits per heavy atom. The highest BCUT2D eigenvalue weighted by Crippen LogP contribution is 2.26. The van der Waals surface area contributed by atoms with Crippen LogP contribution in [-0.2, 0) is 11.3 Å². The molecular formula is C21H25ClN4O2S. The maximum absolute atomic E-state index is 12.7. The summed E-state index contributed by atoms with van der Waals surface area (Å²) in [7, 11) is 3.90. The lowest BCUT2D eigenvalue weighted by atomic mass is 10.1. The van der Waals surface area contributed by atoms with E-state index in [2.05, 4.69) is 10.3 Å². The highest BCUT2D eigenvalue weighted by molar-refractivity contribution is 7.18. The number of benzene rings is 1. The minimum absolute atomic E-state index is 0.0372. The summed E-state index contributed by atoms with van der Waals surface area (Å²) in [5.41, 5.74) is 1.84. The number of likely N-dealkylation sites (N-methyl/N-ethyl adjacent to an activating group) is 1. The summed E-state index contributed by atoms with van der Waals surface area (Å²) < 4.78 is 1.51. The minimum atomic E-state index is -0.117. The Bertz CT molecular complexity index is 1090. The summed E-state index contributed by atoms with van der Waals surface area (Å²) in [6.45, 7) is 4.65. The van der Waals surface area contributed by atoms with Gasteiger partial charge in [-0.1, -0.05) is 29.8 Å². The fourth-order valence-corrected chi connectivity index (χ4v) is 4.52. The highest BCUT2D eigenvalue weighted by Gasteiger charge is 2.18. The van der Waals surface area contributed by atoms with Gasteiger partial charge in [0.1, 0.15) is 4.83 Å². The number of hydrogen-bond donors (Lipinski definition) is 1. The van der Waals surface area contributed by atoms with Crippen molar-refractivity contribution in [3.8, 4) is 0 Å². The molecule has 0 radical (unpaired) electrons. The molecule has 1 aromatic carbocycles. The average molecular weight is 433 g/mol. The van der Waals surface area contributed by atoms with E-state index in [1.807, 2.05) is 57.1 Å². The lowest BCUT2D eigenvalue weighted by Crippen LogP contribution is -2.35. The first-order valence-electron chi connectivity index (χ1n) is 9.42. The van der Waals surface area contributed by atoms with Gasteiger partial charge in [-0.25, -0.2) is 4.98 Å². The molecule has 0 saturated heterocycles. The summed E-state index contributed by atoms with van der Waals surface area (Å²) in [6, 6.07) is 7.59. The van der Waals surface area contributed by atoms with E-state index in [0.29, 0.717) is 23.5 Å². The Kier molecular flexibility index (Phi) is 6.72. The maximum Gasteiger partial charge on any atom is 0.262 e. The van der Waals surface area contributed by atoms with Crippen molar-refractivity contribution >= 4 is 39.1 Å². The van der Waals surface area contributed by atoms with E-state index < -0.39 is 0 Å². The smallest absolute Gasteiger partial charge is 0.262 e. The van der Waals surface area contributed by atoms with Gasteiger partial charge in [0, 0.05) is 29.4 Å². The van der Waals surface area contributed by atoms with Crippen LogP contribution in [0.5, 0.6) is 0 Å². The first kappa shape index (κ1) is 21.5. The van der Waals surface area contributed by atoms with Crippen LogP contribution in [0.15, 0.2) is 35.4 Å². The number of nitrogens with zero attached hydrogens (tertiary/aromatic N) is 3. The molecule has 29 heavy (non-hydrogen) atoms. The number of carbonyl (C=O) groups excluding carboxylic acids is 1. The number of hydrogen-bond acceptors (Lipinski definition) is 5. The molecule has 0 fully saturated rings. The predicted octanol–water partition coefficient (Wildman–Crippen LogP) is 3.54. The van der Waals surface area contributed by atoms with Crippen molar-refractivity contribution in [1.82, 2.24) is 19.8 Å². The van der Waals surface area contributed by atoms with Crippen molar-refractivity contribution < 1.29 is 4.79 Å². The van der Waals surface area contributed by atoms with E-state index in [1.165, 1.54) is 22.2 Å². The summed E-state index contributed by atoms with van der Waals surface area (Å²) in [5.74, 6) is -0.117. The third-order valence-electron chi connectivity index (χ3n) is 5.12. The second kappa shape index (κ2) is 9.07. The molecule has 2 heterocycles. The van der Waals surface area contributed by atoms with Gasteiger partial charge in [0.25, 0.3) is 5.56 Å². The Morgan fingerprint density at radius 1 is 1.31 bits per heavy atom.